The molecule has 0 fully saturated rings. The van der Waals surface area contributed by atoms with Gasteiger partial charge in [0.15, 0.2) is 9.84 Å². The van der Waals surface area contributed by atoms with E-state index in [2.05, 4.69) is 0 Å². The molecule has 1 aromatic rings. The number of aryl methyl sites for hydroxylation is 1. The molecule has 0 amide bonds. The molecule has 4 nitrogen and oxygen atoms in total. The van der Waals surface area contributed by atoms with Gasteiger partial charge in [0.1, 0.15) is 12.4 Å². The Morgan fingerprint density at radius 1 is 1.21 bits per heavy atom. The van der Waals surface area contributed by atoms with Crippen molar-refractivity contribution in [3.63, 3.8) is 0 Å². The van der Waals surface area contributed by atoms with E-state index in [-0.39, 0.29) is 12.4 Å². The lowest BCUT2D eigenvalue weighted by Crippen LogP contribution is -2.32. The summed E-state index contributed by atoms with van der Waals surface area (Å²) < 4.78 is 28.8. The molecule has 0 bridgehead atoms. The lowest BCUT2D eigenvalue weighted by molar-refractivity contribution is 0.335. The van der Waals surface area contributed by atoms with Gasteiger partial charge in [0.25, 0.3) is 0 Å². The van der Waals surface area contributed by atoms with Crippen molar-refractivity contribution in [2.24, 2.45) is 0 Å². The molecule has 0 radical (unpaired) electrons. The lowest BCUT2D eigenvalue weighted by Gasteiger charge is -2.20. The minimum absolute atomic E-state index is 0.00415. The average Bonchev–Trinajstić information content (AvgIpc) is 2.27. The normalized spacial score (nSPS) is 12.5. The molecular weight excluding hydrogens is 262 g/mol. The summed E-state index contributed by atoms with van der Waals surface area (Å²) in [4.78, 5) is 0. The predicted molar refractivity (Wildman–Crippen MR) is 79.4 cm³/mol. The van der Waals surface area contributed by atoms with E-state index in [1.807, 2.05) is 26.0 Å². The number of anilines is 1. The molecule has 0 aromatic heterocycles. The lowest BCUT2D eigenvalue weighted by atomic mass is 10.1. The van der Waals surface area contributed by atoms with Gasteiger partial charge >= 0.3 is 0 Å². The summed E-state index contributed by atoms with van der Waals surface area (Å²) in [5.74, 6) is 0.689. The summed E-state index contributed by atoms with van der Waals surface area (Å²) in [6, 6.07) is 3.69. The Kier molecular flexibility index (Phi) is 4.50. The van der Waals surface area contributed by atoms with Crippen molar-refractivity contribution in [1.82, 2.24) is 0 Å². The third kappa shape index (κ3) is 3.62. The highest BCUT2D eigenvalue weighted by atomic mass is 32.2. The quantitative estimate of drug-likeness (QED) is 0.863. The maximum absolute atomic E-state index is 12.0. The highest BCUT2D eigenvalue weighted by Gasteiger charge is 2.28. The van der Waals surface area contributed by atoms with Crippen LogP contribution in [0.15, 0.2) is 12.1 Å². The number of nitrogens with two attached hydrogens (primary N) is 1. The zero-order chi connectivity index (χ0) is 14.8. The van der Waals surface area contributed by atoms with E-state index < -0.39 is 14.6 Å². The van der Waals surface area contributed by atoms with E-state index in [0.717, 1.165) is 11.1 Å². The maximum atomic E-state index is 12.0. The van der Waals surface area contributed by atoms with E-state index in [9.17, 15) is 8.42 Å². The van der Waals surface area contributed by atoms with Crippen molar-refractivity contribution in [3.05, 3.63) is 23.3 Å². The Balaban J connectivity index is 2.78. The number of hydrogen-bond donors (Lipinski definition) is 1. The molecule has 0 unspecified atom stereocenters. The minimum atomic E-state index is -3.16. The Hall–Kier alpha value is -1.23. The van der Waals surface area contributed by atoms with Crippen LogP contribution in [0.1, 0.15) is 31.9 Å². The van der Waals surface area contributed by atoms with Gasteiger partial charge in [-0.1, -0.05) is 6.07 Å². The predicted octanol–water partition coefficient (Wildman–Crippen LogP) is 2.48. The van der Waals surface area contributed by atoms with Crippen LogP contribution in [-0.4, -0.2) is 25.5 Å². The van der Waals surface area contributed by atoms with Crippen LogP contribution in [0.2, 0.25) is 0 Å². The monoisotopic (exact) mass is 285 g/mol. The standard InChI is InChI=1S/C14H23NO3S/c1-10-6-7-12(15)11(2)13(10)18-8-9-19(16,17)14(3,4)5/h6-7H,8-9,15H2,1-5H3. The Labute approximate surface area is 115 Å². The molecule has 1 aromatic carbocycles. The molecule has 0 aliphatic rings. The van der Waals surface area contributed by atoms with E-state index >= 15 is 0 Å². The fraction of sp³-hybridized carbons (Fsp3) is 0.571. The van der Waals surface area contributed by atoms with Crippen LogP contribution < -0.4 is 10.5 Å². The maximum Gasteiger partial charge on any atom is 0.158 e. The molecule has 19 heavy (non-hydrogen) atoms. The molecule has 0 aliphatic heterocycles. The van der Waals surface area contributed by atoms with Crippen LogP contribution in [0.4, 0.5) is 5.69 Å². The second-order valence-corrected chi connectivity index (χ2v) is 8.57. The van der Waals surface area contributed by atoms with Crippen LogP contribution in [-0.2, 0) is 9.84 Å². The highest BCUT2D eigenvalue weighted by Crippen LogP contribution is 2.27. The number of sulfone groups is 1. The van der Waals surface area contributed by atoms with E-state index in [1.165, 1.54) is 0 Å². The van der Waals surface area contributed by atoms with Gasteiger partial charge in [-0.15, -0.1) is 0 Å². The number of ether oxygens (including phenoxy) is 1. The third-order valence-corrected chi connectivity index (χ3v) is 5.75. The van der Waals surface area contributed by atoms with Crippen molar-refractivity contribution in [1.29, 1.82) is 0 Å². The summed E-state index contributed by atoms with van der Waals surface area (Å²) in [6.07, 6.45) is 0. The first-order chi connectivity index (χ1) is 8.56. The van der Waals surface area contributed by atoms with Gasteiger partial charge in [-0.2, -0.15) is 0 Å². The largest absolute Gasteiger partial charge is 0.492 e. The zero-order valence-electron chi connectivity index (χ0n) is 12.3. The Morgan fingerprint density at radius 2 is 1.79 bits per heavy atom. The number of hydrogen-bond acceptors (Lipinski definition) is 4. The zero-order valence-corrected chi connectivity index (χ0v) is 13.1. The van der Waals surface area contributed by atoms with Crippen LogP contribution in [0.5, 0.6) is 5.75 Å². The molecule has 0 saturated carbocycles. The first-order valence-corrected chi connectivity index (χ1v) is 7.92. The highest BCUT2D eigenvalue weighted by molar-refractivity contribution is 7.92. The van der Waals surface area contributed by atoms with Gasteiger partial charge in [0, 0.05) is 11.3 Å². The number of rotatable bonds is 4. The van der Waals surface area contributed by atoms with E-state index in [1.54, 1.807) is 20.8 Å². The topological polar surface area (TPSA) is 69.4 Å². The molecule has 0 aliphatic carbocycles. The number of nitrogen functional groups attached to an aromatic ring is 1. The van der Waals surface area contributed by atoms with Crippen molar-refractivity contribution in [2.75, 3.05) is 18.1 Å². The first kappa shape index (κ1) is 15.8. The van der Waals surface area contributed by atoms with Gasteiger partial charge in [0.05, 0.1) is 10.5 Å². The van der Waals surface area contributed by atoms with Gasteiger partial charge < -0.3 is 10.5 Å². The summed E-state index contributed by atoms with van der Waals surface area (Å²) >= 11 is 0. The van der Waals surface area contributed by atoms with Crippen molar-refractivity contribution < 1.29 is 13.2 Å². The second-order valence-electron chi connectivity index (χ2n) is 5.71. The Morgan fingerprint density at radius 3 is 2.32 bits per heavy atom. The smallest absolute Gasteiger partial charge is 0.158 e. The van der Waals surface area contributed by atoms with Gasteiger partial charge in [-0.3, -0.25) is 0 Å². The van der Waals surface area contributed by atoms with Crippen LogP contribution in [0.3, 0.4) is 0 Å². The molecule has 0 heterocycles. The van der Waals surface area contributed by atoms with E-state index in [4.69, 9.17) is 10.5 Å². The molecule has 5 heteroatoms. The second kappa shape index (κ2) is 5.41. The molecule has 0 saturated heterocycles. The third-order valence-electron chi connectivity index (χ3n) is 3.18. The minimum Gasteiger partial charge on any atom is -0.492 e. The van der Waals surface area contributed by atoms with Crippen molar-refractivity contribution >= 4 is 15.5 Å². The summed E-state index contributed by atoms with van der Waals surface area (Å²) in [6.45, 7) is 9.01. The summed E-state index contributed by atoms with van der Waals surface area (Å²) in [5.41, 5.74) is 8.28. The van der Waals surface area contributed by atoms with Gasteiger partial charge in [-0.05, 0) is 46.2 Å². The number of benzene rings is 1. The molecule has 0 spiro atoms. The first-order valence-electron chi connectivity index (χ1n) is 6.27. The van der Waals surface area contributed by atoms with Gasteiger partial charge in [-0.25, -0.2) is 8.42 Å². The fourth-order valence-electron chi connectivity index (χ4n) is 1.62. The van der Waals surface area contributed by atoms with Crippen molar-refractivity contribution in [3.8, 4) is 5.75 Å². The van der Waals surface area contributed by atoms with E-state index in [0.29, 0.717) is 11.4 Å². The molecule has 108 valence electrons. The molecular formula is C14H23NO3S. The molecule has 2 N–H and O–H groups in total. The summed E-state index contributed by atoms with van der Waals surface area (Å²) in [7, 11) is -3.16. The van der Waals surface area contributed by atoms with Crippen LogP contribution >= 0.6 is 0 Å². The fourth-order valence-corrected chi connectivity index (χ4v) is 2.54. The van der Waals surface area contributed by atoms with Crippen LogP contribution in [0, 0.1) is 13.8 Å². The molecule has 1 rings (SSSR count). The summed E-state index contributed by atoms with van der Waals surface area (Å²) in [5, 5.41) is 0. The van der Waals surface area contributed by atoms with Gasteiger partial charge in [0.2, 0.25) is 0 Å². The Bertz CT molecular complexity index is 557. The average molecular weight is 285 g/mol. The SMILES string of the molecule is Cc1ccc(N)c(C)c1OCCS(=O)(=O)C(C)(C)C. The molecule has 0 atom stereocenters. The van der Waals surface area contributed by atoms with Crippen LogP contribution in [0.25, 0.3) is 0 Å². The van der Waals surface area contributed by atoms with Crippen molar-refractivity contribution in [2.45, 2.75) is 39.4 Å².